The maximum Gasteiger partial charge on any atom is 0.0496 e. The molecule has 64 valence electrons. The quantitative estimate of drug-likeness (QED) is 0.674. The van der Waals surface area contributed by atoms with Gasteiger partial charge in [-0.3, -0.25) is 4.98 Å². The maximum atomic E-state index is 5.79. The van der Waals surface area contributed by atoms with Crippen molar-refractivity contribution in [2.75, 3.05) is 0 Å². The van der Waals surface area contributed by atoms with Crippen LogP contribution in [0, 0.1) is 13.8 Å². The van der Waals surface area contributed by atoms with E-state index in [-0.39, 0.29) is 6.04 Å². The Morgan fingerprint density at radius 3 is 2.67 bits per heavy atom. The summed E-state index contributed by atoms with van der Waals surface area (Å²) in [5, 5.41) is 0. The zero-order valence-electron chi connectivity index (χ0n) is 7.54. The summed E-state index contributed by atoms with van der Waals surface area (Å²) in [7, 11) is 0. The van der Waals surface area contributed by atoms with E-state index in [0.29, 0.717) is 0 Å². The van der Waals surface area contributed by atoms with E-state index in [1.165, 1.54) is 0 Å². The Bertz CT molecular complexity index is 292. The third kappa shape index (κ3) is 1.71. The van der Waals surface area contributed by atoms with Gasteiger partial charge < -0.3 is 5.73 Å². The second kappa shape index (κ2) is 3.50. The molecule has 1 heterocycles. The van der Waals surface area contributed by atoms with Crippen molar-refractivity contribution in [1.29, 1.82) is 0 Å². The van der Waals surface area contributed by atoms with Crippen molar-refractivity contribution >= 4 is 0 Å². The molecule has 2 nitrogen and oxygen atoms in total. The minimum atomic E-state index is -0.0990. The topological polar surface area (TPSA) is 38.9 Å². The van der Waals surface area contributed by atoms with Gasteiger partial charge in [0, 0.05) is 17.4 Å². The predicted octanol–water partition coefficient (Wildman–Crippen LogP) is 1.88. The zero-order valence-corrected chi connectivity index (χ0v) is 7.54. The van der Waals surface area contributed by atoms with Gasteiger partial charge in [0.2, 0.25) is 0 Å². The Kier molecular flexibility index (Phi) is 2.61. The summed E-state index contributed by atoms with van der Waals surface area (Å²) in [6.45, 7) is 7.58. The summed E-state index contributed by atoms with van der Waals surface area (Å²) >= 11 is 0. The molecular weight excluding hydrogens is 148 g/mol. The molecule has 0 bridgehead atoms. The first-order valence-corrected chi connectivity index (χ1v) is 3.97. The lowest BCUT2D eigenvalue weighted by atomic mass is 10.1. The molecule has 1 atom stereocenters. The smallest absolute Gasteiger partial charge is 0.0496 e. The fourth-order valence-electron chi connectivity index (χ4n) is 1.18. The van der Waals surface area contributed by atoms with Gasteiger partial charge in [-0.05, 0) is 25.5 Å². The molecule has 2 N–H and O–H groups in total. The lowest BCUT2D eigenvalue weighted by Gasteiger charge is -2.09. The van der Waals surface area contributed by atoms with Gasteiger partial charge in [-0.1, -0.05) is 12.1 Å². The molecule has 0 spiro atoms. The maximum absolute atomic E-state index is 5.79. The molecule has 0 aliphatic carbocycles. The second-order valence-electron chi connectivity index (χ2n) is 2.89. The number of aryl methyl sites for hydroxylation is 2. The summed E-state index contributed by atoms with van der Waals surface area (Å²) in [6.07, 6.45) is 1.72. The SMILES string of the molecule is C=CC(N)c1ccc(C)nc1C. The normalized spacial score (nSPS) is 12.6. The number of rotatable bonds is 2. The Morgan fingerprint density at radius 2 is 2.17 bits per heavy atom. The van der Waals surface area contributed by atoms with Crippen LogP contribution >= 0.6 is 0 Å². The molecule has 0 aliphatic heterocycles. The third-order valence-corrected chi connectivity index (χ3v) is 1.88. The van der Waals surface area contributed by atoms with E-state index < -0.39 is 0 Å². The van der Waals surface area contributed by atoms with Crippen LogP contribution in [0.3, 0.4) is 0 Å². The highest BCUT2D eigenvalue weighted by molar-refractivity contribution is 5.27. The third-order valence-electron chi connectivity index (χ3n) is 1.88. The molecule has 12 heavy (non-hydrogen) atoms. The predicted molar refractivity (Wildman–Crippen MR) is 50.8 cm³/mol. The molecule has 0 saturated carbocycles. The summed E-state index contributed by atoms with van der Waals surface area (Å²) in [5.41, 5.74) is 8.85. The number of nitrogens with two attached hydrogens (primary N) is 1. The number of aromatic nitrogens is 1. The van der Waals surface area contributed by atoms with E-state index in [2.05, 4.69) is 11.6 Å². The molecule has 1 aromatic heterocycles. The average Bonchev–Trinajstić information content (AvgIpc) is 2.03. The van der Waals surface area contributed by atoms with Crippen molar-refractivity contribution in [3.05, 3.63) is 41.7 Å². The summed E-state index contributed by atoms with van der Waals surface area (Å²) < 4.78 is 0. The fourth-order valence-corrected chi connectivity index (χ4v) is 1.18. The highest BCUT2D eigenvalue weighted by Gasteiger charge is 2.04. The Labute approximate surface area is 73.1 Å². The Balaban J connectivity index is 3.09. The molecule has 1 aromatic rings. The molecule has 2 heteroatoms. The van der Waals surface area contributed by atoms with Crippen LogP contribution in [0.4, 0.5) is 0 Å². The van der Waals surface area contributed by atoms with Crippen LogP contribution in [0.15, 0.2) is 24.8 Å². The monoisotopic (exact) mass is 162 g/mol. The minimum absolute atomic E-state index is 0.0990. The van der Waals surface area contributed by atoms with Crippen molar-refractivity contribution in [3.63, 3.8) is 0 Å². The summed E-state index contributed by atoms with van der Waals surface area (Å²) in [5.74, 6) is 0. The highest BCUT2D eigenvalue weighted by Crippen LogP contribution is 2.14. The summed E-state index contributed by atoms with van der Waals surface area (Å²) in [4.78, 5) is 4.31. The van der Waals surface area contributed by atoms with Crippen LogP contribution in [0.1, 0.15) is 23.0 Å². The first kappa shape index (κ1) is 8.94. The van der Waals surface area contributed by atoms with Gasteiger partial charge >= 0.3 is 0 Å². The summed E-state index contributed by atoms with van der Waals surface area (Å²) in [6, 6.07) is 3.87. The second-order valence-corrected chi connectivity index (χ2v) is 2.89. The number of hydrogen-bond donors (Lipinski definition) is 1. The van der Waals surface area contributed by atoms with E-state index in [0.717, 1.165) is 17.0 Å². The van der Waals surface area contributed by atoms with Gasteiger partial charge in [0.05, 0.1) is 0 Å². The first-order chi connectivity index (χ1) is 5.65. The van der Waals surface area contributed by atoms with Gasteiger partial charge in [-0.25, -0.2) is 0 Å². The lowest BCUT2D eigenvalue weighted by molar-refractivity contribution is 0.879. The standard InChI is InChI=1S/C10H14N2/c1-4-10(11)9-6-5-7(2)12-8(9)3/h4-6,10H,1,11H2,2-3H3. The first-order valence-electron chi connectivity index (χ1n) is 3.97. The van der Waals surface area contributed by atoms with E-state index in [1.807, 2.05) is 26.0 Å². The van der Waals surface area contributed by atoms with Gasteiger partial charge in [-0.15, -0.1) is 6.58 Å². The van der Waals surface area contributed by atoms with E-state index in [9.17, 15) is 0 Å². The van der Waals surface area contributed by atoms with Crippen molar-refractivity contribution in [1.82, 2.24) is 4.98 Å². The van der Waals surface area contributed by atoms with Crippen LogP contribution in [-0.2, 0) is 0 Å². The fraction of sp³-hybridized carbons (Fsp3) is 0.300. The molecule has 0 aliphatic rings. The van der Waals surface area contributed by atoms with Crippen molar-refractivity contribution in [3.8, 4) is 0 Å². The van der Waals surface area contributed by atoms with E-state index in [4.69, 9.17) is 5.73 Å². The van der Waals surface area contributed by atoms with Gasteiger partial charge in [0.25, 0.3) is 0 Å². The van der Waals surface area contributed by atoms with Crippen LogP contribution in [-0.4, -0.2) is 4.98 Å². The number of nitrogens with zero attached hydrogens (tertiary/aromatic N) is 1. The number of hydrogen-bond acceptors (Lipinski definition) is 2. The Hall–Kier alpha value is -1.15. The van der Waals surface area contributed by atoms with E-state index in [1.54, 1.807) is 6.08 Å². The number of pyridine rings is 1. The van der Waals surface area contributed by atoms with Crippen molar-refractivity contribution < 1.29 is 0 Å². The van der Waals surface area contributed by atoms with Crippen LogP contribution in [0.25, 0.3) is 0 Å². The van der Waals surface area contributed by atoms with Gasteiger partial charge in [0.15, 0.2) is 0 Å². The lowest BCUT2D eigenvalue weighted by Crippen LogP contribution is -2.09. The zero-order chi connectivity index (χ0) is 9.14. The van der Waals surface area contributed by atoms with Crippen LogP contribution in [0.2, 0.25) is 0 Å². The van der Waals surface area contributed by atoms with Gasteiger partial charge in [0.1, 0.15) is 0 Å². The highest BCUT2D eigenvalue weighted by atomic mass is 14.7. The Morgan fingerprint density at radius 1 is 1.50 bits per heavy atom. The van der Waals surface area contributed by atoms with Gasteiger partial charge in [-0.2, -0.15) is 0 Å². The molecule has 0 radical (unpaired) electrons. The van der Waals surface area contributed by atoms with E-state index >= 15 is 0 Å². The molecule has 1 unspecified atom stereocenters. The van der Waals surface area contributed by atoms with Crippen molar-refractivity contribution in [2.45, 2.75) is 19.9 Å². The largest absolute Gasteiger partial charge is 0.321 e. The van der Waals surface area contributed by atoms with Crippen molar-refractivity contribution in [2.24, 2.45) is 5.73 Å². The average molecular weight is 162 g/mol. The molecular formula is C10H14N2. The molecule has 1 rings (SSSR count). The van der Waals surface area contributed by atoms with Crippen LogP contribution < -0.4 is 5.73 Å². The minimum Gasteiger partial charge on any atom is -0.321 e. The molecule has 0 saturated heterocycles. The van der Waals surface area contributed by atoms with Crippen LogP contribution in [0.5, 0.6) is 0 Å². The molecule has 0 aromatic carbocycles. The molecule has 0 amide bonds. The molecule has 0 fully saturated rings.